The monoisotopic (exact) mass is 574 g/mol. The minimum absolute atomic E-state index is 0.238. The number of imidazole rings is 1. The number of likely N-dealkylation sites (N-methyl/N-ethyl adjacent to an activating group) is 1. The highest BCUT2D eigenvalue weighted by atomic mass is 16.3. The van der Waals surface area contributed by atoms with Crippen LogP contribution in [-0.4, -0.2) is 62.7 Å². The van der Waals surface area contributed by atoms with Gasteiger partial charge in [0.15, 0.2) is 5.82 Å². The Morgan fingerprint density at radius 2 is 2.00 bits per heavy atom. The van der Waals surface area contributed by atoms with Gasteiger partial charge in [0.05, 0.1) is 18.4 Å². The molecule has 4 aromatic heterocycles. The number of fused-ring (bicyclic) bond motifs is 1. The van der Waals surface area contributed by atoms with E-state index in [9.17, 15) is 4.79 Å². The number of anilines is 2. The molecule has 0 spiro atoms. The standard InChI is InChI=1S/C33H34N8O2/c1-39(2)17-12-29-26(13-19-43-29)22-41-31-27(20-25(32(41)42)6-9-30-35-16-18-40(30)3)21-36-33(38-31)37-28-7-4-23(5-8-28)24-10-14-34-15-11-24/h4-5,7-8,10,13,16,18-21,34H,11-12,14-15,17,22H2,1-3H3,(H,36,37,38). The van der Waals surface area contributed by atoms with Gasteiger partial charge in [-0.2, -0.15) is 4.98 Å². The molecular weight excluding hydrogens is 540 g/mol. The van der Waals surface area contributed by atoms with Gasteiger partial charge in [-0.1, -0.05) is 24.1 Å². The summed E-state index contributed by atoms with van der Waals surface area (Å²) in [6.07, 6.45) is 10.9. The maximum atomic E-state index is 13.9. The van der Waals surface area contributed by atoms with Crippen LogP contribution >= 0.6 is 0 Å². The molecule has 0 saturated carbocycles. The molecule has 0 amide bonds. The molecule has 0 atom stereocenters. The number of aryl methyl sites for hydroxylation is 1. The van der Waals surface area contributed by atoms with Gasteiger partial charge in [0, 0.05) is 61.8 Å². The Morgan fingerprint density at radius 1 is 1.14 bits per heavy atom. The van der Waals surface area contributed by atoms with Crippen LogP contribution in [0, 0.1) is 11.8 Å². The van der Waals surface area contributed by atoms with Gasteiger partial charge in [-0.05, 0) is 68.4 Å². The van der Waals surface area contributed by atoms with Crippen molar-refractivity contribution >= 4 is 28.2 Å². The van der Waals surface area contributed by atoms with E-state index in [1.165, 1.54) is 11.1 Å². The number of nitrogens with one attached hydrogen (secondary N) is 2. The molecule has 1 aliphatic rings. The molecular formula is C33H34N8O2. The summed E-state index contributed by atoms with van der Waals surface area (Å²) in [5.74, 6) is 7.87. The molecule has 1 aliphatic heterocycles. The third kappa shape index (κ3) is 6.43. The summed E-state index contributed by atoms with van der Waals surface area (Å²) in [5, 5.41) is 7.37. The Morgan fingerprint density at radius 3 is 2.74 bits per heavy atom. The zero-order valence-corrected chi connectivity index (χ0v) is 24.6. The highest BCUT2D eigenvalue weighted by Crippen LogP contribution is 2.23. The van der Waals surface area contributed by atoms with E-state index >= 15 is 0 Å². The molecule has 1 aromatic carbocycles. The summed E-state index contributed by atoms with van der Waals surface area (Å²) in [5.41, 5.74) is 4.98. The van der Waals surface area contributed by atoms with Crippen LogP contribution in [0.2, 0.25) is 0 Å². The molecule has 0 bridgehead atoms. The van der Waals surface area contributed by atoms with E-state index in [-0.39, 0.29) is 5.56 Å². The van der Waals surface area contributed by atoms with Crippen molar-refractivity contribution in [3.05, 3.63) is 106 Å². The minimum atomic E-state index is -0.238. The zero-order chi connectivity index (χ0) is 29.8. The van der Waals surface area contributed by atoms with Crippen LogP contribution in [0.4, 0.5) is 11.6 Å². The molecule has 0 radical (unpaired) electrons. The van der Waals surface area contributed by atoms with Crippen LogP contribution < -0.4 is 16.2 Å². The van der Waals surface area contributed by atoms with Crippen LogP contribution in [0.1, 0.15) is 34.7 Å². The maximum absolute atomic E-state index is 13.9. The van der Waals surface area contributed by atoms with Gasteiger partial charge in [-0.3, -0.25) is 9.36 Å². The van der Waals surface area contributed by atoms with E-state index in [0.29, 0.717) is 34.9 Å². The lowest BCUT2D eigenvalue weighted by molar-refractivity contribution is 0.388. The maximum Gasteiger partial charge on any atom is 0.268 e. The summed E-state index contributed by atoms with van der Waals surface area (Å²) in [6, 6.07) is 11.9. The quantitative estimate of drug-likeness (QED) is 0.270. The second kappa shape index (κ2) is 12.5. The largest absolute Gasteiger partial charge is 0.469 e. The van der Waals surface area contributed by atoms with Gasteiger partial charge in [0.1, 0.15) is 11.4 Å². The molecule has 6 rings (SSSR count). The van der Waals surface area contributed by atoms with E-state index in [1.807, 2.05) is 50.1 Å². The van der Waals surface area contributed by atoms with Crippen LogP contribution in [0.5, 0.6) is 0 Å². The lowest BCUT2D eigenvalue weighted by Gasteiger charge is -2.15. The second-order valence-electron chi connectivity index (χ2n) is 10.8. The third-order valence-electron chi connectivity index (χ3n) is 7.49. The first-order valence-corrected chi connectivity index (χ1v) is 14.3. The number of hydrogen-bond acceptors (Lipinski definition) is 8. The Balaban J connectivity index is 1.36. The third-order valence-corrected chi connectivity index (χ3v) is 7.49. The van der Waals surface area contributed by atoms with Crippen molar-refractivity contribution in [1.82, 2.24) is 34.3 Å². The first kappa shape index (κ1) is 28.2. The Labute approximate surface area is 250 Å². The van der Waals surface area contributed by atoms with Crippen molar-refractivity contribution in [3.63, 3.8) is 0 Å². The van der Waals surface area contributed by atoms with Crippen LogP contribution in [0.15, 0.2) is 76.5 Å². The predicted octanol–water partition coefficient (Wildman–Crippen LogP) is 3.79. The van der Waals surface area contributed by atoms with Gasteiger partial charge in [0.2, 0.25) is 5.95 Å². The molecule has 0 saturated heterocycles. The number of nitrogens with zero attached hydrogens (tertiary/aromatic N) is 6. The topological polar surface area (TPSA) is 106 Å². The van der Waals surface area contributed by atoms with E-state index in [4.69, 9.17) is 9.40 Å². The lowest BCUT2D eigenvalue weighted by atomic mass is 10.0. The fraction of sp³-hybridized carbons (Fsp3) is 0.273. The molecule has 218 valence electrons. The number of pyridine rings is 1. The van der Waals surface area contributed by atoms with Crippen molar-refractivity contribution in [2.75, 3.05) is 39.0 Å². The van der Waals surface area contributed by atoms with Gasteiger partial charge in [-0.15, -0.1) is 0 Å². The fourth-order valence-electron chi connectivity index (χ4n) is 5.07. The van der Waals surface area contributed by atoms with Crippen molar-refractivity contribution in [1.29, 1.82) is 0 Å². The molecule has 5 heterocycles. The van der Waals surface area contributed by atoms with Crippen molar-refractivity contribution in [2.24, 2.45) is 7.05 Å². The van der Waals surface area contributed by atoms with Crippen LogP contribution in [0.25, 0.3) is 16.6 Å². The van der Waals surface area contributed by atoms with Gasteiger partial charge < -0.3 is 24.5 Å². The zero-order valence-electron chi connectivity index (χ0n) is 24.6. The molecule has 0 unspecified atom stereocenters. The molecule has 5 aromatic rings. The lowest BCUT2D eigenvalue weighted by Crippen LogP contribution is -2.25. The normalized spacial score (nSPS) is 13.2. The fourth-order valence-corrected chi connectivity index (χ4v) is 5.07. The van der Waals surface area contributed by atoms with E-state index in [2.05, 4.69) is 55.6 Å². The summed E-state index contributed by atoms with van der Waals surface area (Å²) < 4.78 is 9.27. The average molecular weight is 575 g/mol. The van der Waals surface area contributed by atoms with Crippen LogP contribution in [0.3, 0.4) is 0 Å². The van der Waals surface area contributed by atoms with Crippen LogP contribution in [-0.2, 0) is 20.0 Å². The summed E-state index contributed by atoms with van der Waals surface area (Å²) in [4.78, 5) is 29.6. The number of aromatic nitrogens is 5. The number of rotatable bonds is 8. The first-order valence-electron chi connectivity index (χ1n) is 14.3. The average Bonchev–Trinajstić information content (AvgIpc) is 3.65. The van der Waals surface area contributed by atoms with Crippen molar-refractivity contribution in [3.8, 4) is 11.8 Å². The van der Waals surface area contributed by atoms with Gasteiger partial charge in [-0.25, -0.2) is 9.97 Å². The van der Waals surface area contributed by atoms with Crippen molar-refractivity contribution in [2.45, 2.75) is 19.4 Å². The molecule has 0 aliphatic carbocycles. The predicted molar refractivity (Wildman–Crippen MR) is 168 cm³/mol. The highest BCUT2D eigenvalue weighted by molar-refractivity contribution is 5.78. The van der Waals surface area contributed by atoms with E-state index in [1.54, 1.807) is 29.3 Å². The summed E-state index contributed by atoms with van der Waals surface area (Å²) in [6.45, 7) is 3.01. The SMILES string of the molecule is CN(C)CCc1occc1Cn1c(=O)c(C#Cc2nccn2C)cc2cnc(Nc3ccc(C4=CCNCC4)cc3)nc21. The smallest absolute Gasteiger partial charge is 0.268 e. The Bertz CT molecular complexity index is 1900. The second-order valence-corrected chi connectivity index (χ2v) is 10.8. The van der Waals surface area contributed by atoms with Gasteiger partial charge in [0.25, 0.3) is 5.56 Å². The minimum Gasteiger partial charge on any atom is -0.469 e. The molecule has 10 heteroatoms. The Hall–Kier alpha value is -4.98. The van der Waals surface area contributed by atoms with E-state index in [0.717, 1.165) is 49.5 Å². The molecule has 0 fully saturated rings. The van der Waals surface area contributed by atoms with E-state index < -0.39 is 0 Å². The van der Waals surface area contributed by atoms with Crippen molar-refractivity contribution < 1.29 is 4.42 Å². The number of benzene rings is 1. The van der Waals surface area contributed by atoms with Gasteiger partial charge >= 0.3 is 0 Å². The number of furan rings is 1. The number of hydrogen-bond donors (Lipinski definition) is 2. The Kier molecular flexibility index (Phi) is 8.18. The summed E-state index contributed by atoms with van der Waals surface area (Å²) >= 11 is 0. The molecule has 43 heavy (non-hydrogen) atoms. The summed E-state index contributed by atoms with van der Waals surface area (Å²) in [7, 11) is 5.91. The molecule has 2 N–H and O–H groups in total. The molecule has 10 nitrogen and oxygen atoms in total. The first-order chi connectivity index (χ1) is 20.9. The highest BCUT2D eigenvalue weighted by Gasteiger charge is 2.15.